The van der Waals surface area contributed by atoms with Crippen molar-refractivity contribution < 1.29 is 4.79 Å². The molecule has 0 aliphatic rings. The molecule has 0 unspecified atom stereocenters. The van der Waals surface area contributed by atoms with Gasteiger partial charge in [0.05, 0.1) is 5.69 Å². The van der Waals surface area contributed by atoms with Crippen molar-refractivity contribution in [2.24, 2.45) is 0 Å². The molecular formula is C25H15BrClN3OS. The number of thiazole rings is 1. The van der Waals surface area contributed by atoms with Crippen LogP contribution in [0.15, 0.2) is 88.8 Å². The van der Waals surface area contributed by atoms with Crippen LogP contribution in [0.1, 0.15) is 20.9 Å². The van der Waals surface area contributed by atoms with Crippen molar-refractivity contribution in [2.75, 3.05) is 5.32 Å². The molecule has 4 rings (SSSR count). The van der Waals surface area contributed by atoms with Crippen molar-refractivity contribution in [1.82, 2.24) is 4.98 Å². The fourth-order valence-corrected chi connectivity index (χ4v) is 4.41. The van der Waals surface area contributed by atoms with Gasteiger partial charge in [0.25, 0.3) is 0 Å². The molecule has 0 aliphatic heterocycles. The Balaban J connectivity index is 1.63. The van der Waals surface area contributed by atoms with E-state index in [2.05, 4.69) is 32.3 Å². The van der Waals surface area contributed by atoms with E-state index in [4.69, 9.17) is 11.6 Å². The van der Waals surface area contributed by atoms with E-state index in [0.717, 1.165) is 15.7 Å². The van der Waals surface area contributed by atoms with Crippen LogP contribution in [0.4, 0.5) is 5.69 Å². The van der Waals surface area contributed by atoms with Gasteiger partial charge in [-0.1, -0.05) is 70.0 Å². The summed E-state index contributed by atoms with van der Waals surface area (Å²) in [6.45, 7) is 0. The molecule has 1 aromatic heterocycles. The summed E-state index contributed by atoms with van der Waals surface area (Å²) < 4.78 is 0.959. The second kappa shape index (κ2) is 9.92. The van der Waals surface area contributed by atoms with E-state index in [9.17, 15) is 10.1 Å². The Morgan fingerprint density at radius 1 is 1.09 bits per heavy atom. The van der Waals surface area contributed by atoms with Crippen LogP contribution in [0, 0.1) is 11.3 Å². The van der Waals surface area contributed by atoms with E-state index in [-0.39, 0.29) is 5.78 Å². The van der Waals surface area contributed by atoms with Crippen molar-refractivity contribution in [2.45, 2.75) is 0 Å². The van der Waals surface area contributed by atoms with Gasteiger partial charge in [-0.15, -0.1) is 11.3 Å². The monoisotopic (exact) mass is 519 g/mol. The molecule has 0 bridgehead atoms. The number of nitriles is 1. The Hall–Kier alpha value is -3.24. The van der Waals surface area contributed by atoms with Gasteiger partial charge in [-0.25, -0.2) is 4.98 Å². The molecule has 0 amide bonds. The summed E-state index contributed by atoms with van der Waals surface area (Å²) in [5.74, 6) is -0.159. The number of allylic oxidation sites excluding steroid dienone is 1. The van der Waals surface area contributed by atoms with E-state index >= 15 is 0 Å². The lowest BCUT2D eigenvalue weighted by molar-refractivity contribution is 0.103. The Bertz CT molecular complexity index is 1360. The molecule has 3 aromatic carbocycles. The highest BCUT2D eigenvalue weighted by Gasteiger charge is 2.15. The van der Waals surface area contributed by atoms with E-state index in [1.807, 2.05) is 47.8 Å². The van der Waals surface area contributed by atoms with Gasteiger partial charge >= 0.3 is 0 Å². The van der Waals surface area contributed by atoms with Crippen molar-refractivity contribution >= 4 is 55.9 Å². The predicted octanol–water partition coefficient (Wildman–Crippen LogP) is 7.43. The van der Waals surface area contributed by atoms with Gasteiger partial charge in [0, 0.05) is 43.5 Å². The lowest BCUT2D eigenvalue weighted by Crippen LogP contribution is -2.05. The van der Waals surface area contributed by atoms with Crippen LogP contribution in [0.5, 0.6) is 0 Å². The summed E-state index contributed by atoms with van der Waals surface area (Å²) in [6.07, 6.45) is 1.56. The van der Waals surface area contributed by atoms with Crippen molar-refractivity contribution in [3.05, 3.63) is 110 Å². The molecule has 0 radical (unpaired) electrons. The quantitative estimate of drug-likeness (QED) is 0.212. The Labute approximate surface area is 203 Å². The first-order valence-electron chi connectivity index (χ1n) is 9.53. The summed E-state index contributed by atoms with van der Waals surface area (Å²) in [5, 5.41) is 15.7. The smallest absolute Gasteiger partial charge is 0.195 e. The van der Waals surface area contributed by atoms with Crippen LogP contribution < -0.4 is 5.32 Å². The number of halogens is 2. The molecule has 0 aliphatic carbocycles. The second-order valence-electron chi connectivity index (χ2n) is 6.75. The molecule has 156 valence electrons. The Morgan fingerprint density at radius 3 is 2.66 bits per heavy atom. The lowest BCUT2D eigenvalue weighted by atomic mass is 10.0. The maximum atomic E-state index is 13.0. The third-order valence-corrected chi connectivity index (χ3v) is 6.21. The van der Waals surface area contributed by atoms with Gasteiger partial charge in [0.15, 0.2) is 5.78 Å². The number of anilines is 1. The zero-order valence-electron chi connectivity index (χ0n) is 16.5. The van der Waals surface area contributed by atoms with Crippen LogP contribution >= 0.6 is 38.9 Å². The van der Waals surface area contributed by atoms with Crippen LogP contribution in [-0.4, -0.2) is 10.8 Å². The highest BCUT2D eigenvalue weighted by molar-refractivity contribution is 9.10. The number of aromatic nitrogens is 1. The van der Waals surface area contributed by atoms with Gasteiger partial charge < -0.3 is 5.32 Å². The number of carbonyl (C=O) groups is 1. The first-order chi connectivity index (χ1) is 15.5. The van der Waals surface area contributed by atoms with E-state index in [1.54, 1.807) is 36.5 Å². The number of benzene rings is 3. The molecule has 0 spiro atoms. The molecule has 4 aromatic rings. The van der Waals surface area contributed by atoms with E-state index in [0.29, 0.717) is 32.4 Å². The first-order valence-corrected chi connectivity index (χ1v) is 11.6. The number of rotatable bonds is 6. The SMILES string of the molecule is N#CC(=CNc1ccc(Cl)cc1C(=O)c1ccccc1)c1nc(-c2cccc(Br)c2)cs1. The molecule has 0 atom stereocenters. The van der Waals surface area contributed by atoms with Crippen LogP contribution in [0.25, 0.3) is 16.8 Å². The number of ketones is 1. The van der Waals surface area contributed by atoms with Crippen molar-refractivity contribution in [3.63, 3.8) is 0 Å². The number of nitrogens with one attached hydrogen (secondary N) is 1. The van der Waals surface area contributed by atoms with Crippen LogP contribution in [-0.2, 0) is 0 Å². The maximum Gasteiger partial charge on any atom is 0.195 e. The molecule has 4 nitrogen and oxygen atoms in total. The van der Waals surface area contributed by atoms with Gasteiger partial charge in [-0.2, -0.15) is 5.26 Å². The standard InChI is InChI=1S/C25H15BrClN3OS/c26-19-8-4-7-17(11-19)23-15-32-25(30-23)18(13-28)14-29-22-10-9-20(27)12-21(22)24(31)16-5-2-1-3-6-16/h1-12,14-15,29H. The van der Waals surface area contributed by atoms with Gasteiger partial charge in [0.1, 0.15) is 16.6 Å². The average Bonchev–Trinajstić information content (AvgIpc) is 3.30. The van der Waals surface area contributed by atoms with Gasteiger partial charge in [-0.05, 0) is 30.3 Å². The number of hydrogen-bond acceptors (Lipinski definition) is 5. The minimum Gasteiger partial charge on any atom is -0.360 e. The number of carbonyl (C=O) groups excluding carboxylic acids is 1. The average molecular weight is 521 g/mol. The molecule has 32 heavy (non-hydrogen) atoms. The highest BCUT2D eigenvalue weighted by atomic mass is 79.9. The van der Waals surface area contributed by atoms with Crippen molar-refractivity contribution in [3.8, 4) is 17.3 Å². The first kappa shape index (κ1) is 22.0. The zero-order chi connectivity index (χ0) is 22.5. The van der Waals surface area contributed by atoms with Gasteiger partial charge in [-0.3, -0.25) is 4.79 Å². The summed E-state index contributed by atoms with van der Waals surface area (Å²) >= 11 is 11.0. The van der Waals surface area contributed by atoms with Gasteiger partial charge in [0.2, 0.25) is 0 Å². The fourth-order valence-electron chi connectivity index (χ4n) is 3.04. The lowest BCUT2D eigenvalue weighted by Gasteiger charge is -2.10. The summed E-state index contributed by atoms with van der Waals surface area (Å²) in [4.78, 5) is 17.6. The van der Waals surface area contributed by atoms with E-state index < -0.39 is 0 Å². The largest absolute Gasteiger partial charge is 0.360 e. The normalized spacial score (nSPS) is 11.1. The topological polar surface area (TPSA) is 65.8 Å². The second-order valence-corrected chi connectivity index (χ2v) is 8.96. The highest BCUT2D eigenvalue weighted by Crippen LogP contribution is 2.29. The Morgan fingerprint density at radius 2 is 1.91 bits per heavy atom. The Kier molecular flexibility index (Phi) is 6.81. The molecule has 0 saturated carbocycles. The fraction of sp³-hybridized carbons (Fsp3) is 0. The summed E-state index contributed by atoms with van der Waals surface area (Å²) in [7, 11) is 0. The minimum absolute atomic E-state index is 0.159. The third kappa shape index (κ3) is 4.97. The predicted molar refractivity (Wildman–Crippen MR) is 134 cm³/mol. The van der Waals surface area contributed by atoms with E-state index in [1.165, 1.54) is 11.3 Å². The molecule has 0 saturated heterocycles. The molecule has 1 N–H and O–H groups in total. The molecule has 1 heterocycles. The molecule has 0 fully saturated rings. The maximum absolute atomic E-state index is 13.0. The van der Waals surface area contributed by atoms with Crippen molar-refractivity contribution in [1.29, 1.82) is 5.26 Å². The summed E-state index contributed by atoms with van der Waals surface area (Å²) in [6, 6.07) is 24.0. The zero-order valence-corrected chi connectivity index (χ0v) is 19.7. The van der Waals surface area contributed by atoms with Crippen LogP contribution in [0.3, 0.4) is 0 Å². The number of hydrogen-bond donors (Lipinski definition) is 1. The molecule has 7 heteroatoms. The van der Waals surface area contributed by atoms with Crippen LogP contribution in [0.2, 0.25) is 5.02 Å². The minimum atomic E-state index is -0.159. The summed E-state index contributed by atoms with van der Waals surface area (Å²) in [5.41, 5.74) is 3.65. The molecular weight excluding hydrogens is 506 g/mol. The third-order valence-electron chi connectivity index (χ3n) is 4.61. The number of nitrogens with zero attached hydrogens (tertiary/aromatic N) is 2.